The van der Waals surface area contributed by atoms with E-state index in [4.69, 9.17) is 17.6 Å². The molecule has 2 aromatic heterocycles. The maximum Gasteiger partial charge on any atom is 0.291 e. The van der Waals surface area contributed by atoms with Gasteiger partial charge in [0, 0.05) is 24.8 Å². The number of piperidine rings is 1. The van der Waals surface area contributed by atoms with Gasteiger partial charge in [-0.1, -0.05) is 23.6 Å². The van der Waals surface area contributed by atoms with Crippen molar-refractivity contribution in [2.24, 2.45) is 0 Å². The van der Waals surface area contributed by atoms with E-state index in [0.717, 1.165) is 12.8 Å². The lowest BCUT2D eigenvalue weighted by atomic mass is 10.1. The number of hydrogen-bond acceptors (Lipinski definition) is 8. The van der Waals surface area contributed by atoms with Crippen molar-refractivity contribution >= 4 is 46.1 Å². The third-order valence-corrected chi connectivity index (χ3v) is 8.08. The fraction of sp³-hybridized carbons (Fsp3) is 0.556. The zero-order chi connectivity index (χ0) is 22.3. The quantitative estimate of drug-likeness (QED) is 0.328. The Morgan fingerprint density at radius 2 is 2.10 bits per heavy atom. The van der Waals surface area contributed by atoms with Gasteiger partial charge in [0.05, 0.1) is 16.7 Å². The zero-order valence-electron chi connectivity index (χ0n) is 16.7. The van der Waals surface area contributed by atoms with Gasteiger partial charge in [-0.25, -0.2) is 17.7 Å². The highest BCUT2D eigenvalue weighted by Crippen LogP contribution is 2.35. The standard InChI is InChI=1S/C18H22F2N6O2S3/c1-18(4-5-18)24-31(28)11-8-12(25-6-2-10(27)3-7-25)17(29)26(9-11)14(21)16-23-22-15(30-16)13(19)20/h8-10,13,21,24,27H,2-7H2,1H3. The number of pyridine rings is 1. The van der Waals surface area contributed by atoms with Gasteiger partial charge in [-0.3, -0.25) is 9.98 Å². The lowest BCUT2D eigenvalue weighted by Gasteiger charge is -2.32. The summed E-state index contributed by atoms with van der Waals surface area (Å²) in [5.74, 6) is -0.204. The van der Waals surface area contributed by atoms with Crippen LogP contribution < -0.4 is 9.62 Å². The minimum atomic E-state index is -2.77. The van der Waals surface area contributed by atoms with E-state index in [9.17, 15) is 18.1 Å². The van der Waals surface area contributed by atoms with Crippen LogP contribution >= 0.6 is 23.6 Å². The summed E-state index contributed by atoms with van der Waals surface area (Å²) >= 11 is 6.24. The molecular weight excluding hydrogens is 466 g/mol. The van der Waals surface area contributed by atoms with Crippen LogP contribution in [0, 0.1) is 10.0 Å². The topological polar surface area (TPSA) is 107 Å². The number of aliphatic hydroxyl groups excluding tert-OH is 1. The Hall–Kier alpha value is -1.67. The molecule has 3 heterocycles. The van der Waals surface area contributed by atoms with Crippen LogP contribution in [0.3, 0.4) is 0 Å². The average Bonchev–Trinajstić information content (AvgIpc) is 3.25. The summed E-state index contributed by atoms with van der Waals surface area (Å²) in [5, 5.41) is 25.0. The molecule has 2 aromatic rings. The number of halogens is 2. The molecule has 1 unspecified atom stereocenters. The minimum Gasteiger partial charge on any atom is -0.393 e. The number of hydrogen-bond donors (Lipinski definition) is 3. The lowest BCUT2D eigenvalue weighted by Crippen LogP contribution is -2.37. The number of anilines is 1. The van der Waals surface area contributed by atoms with Crippen molar-refractivity contribution in [1.29, 1.82) is 5.41 Å². The van der Waals surface area contributed by atoms with Crippen LogP contribution in [0.15, 0.2) is 17.2 Å². The monoisotopic (exact) mass is 488 g/mol. The summed E-state index contributed by atoms with van der Waals surface area (Å²) in [6.45, 7) is 3.11. The fourth-order valence-electron chi connectivity index (χ4n) is 3.24. The maximum atomic E-state index is 13.0. The Labute approximate surface area is 189 Å². The predicted octanol–water partition coefficient (Wildman–Crippen LogP) is 3.01. The molecular formula is C18H22F2N6O2S3. The first kappa shape index (κ1) is 22.5. The van der Waals surface area contributed by atoms with Gasteiger partial charge in [-0.2, -0.15) is 0 Å². The smallest absolute Gasteiger partial charge is 0.291 e. The Morgan fingerprint density at radius 1 is 1.42 bits per heavy atom. The van der Waals surface area contributed by atoms with Gasteiger partial charge < -0.3 is 10.0 Å². The molecule has 13 heteroatoms. The van der Waals surface area contributed by atoms with Crippen LogP contribution in [0.2, 0.25) is 0 Å². The second-order valence-electron chi connectivity index (χ2n) is 7.98. The van der Waals surface area contributed by atoms with Gasteiger partial charge in [-0.15, -0.1) is 10.2 Å². The molecule has 0 spiro atoms. The molecule has 1 aliphatic carbocycles. The average molecular weight is 489 g/mol. The number of aromatic nitrogens is 3. The Bertz CT molecular complexity index is 1080. The summed E-state index contributed by atoms with van der Waals surface area (Å²) < 4.78 is 43.6. The van der Waals surface area contributed by atoms with Gasteiger partial charge in [0.25, 0.3) is 6.43 Å². The molecule has 1 aliphatic heterocycles. The highest BCUT2D eigenvalue weighted by atomic mass is 32.2. The molecule has 4 rings (SSSR count). The first-order valence-corrected chi connectivity index (χ1v) is 12.1. The van der Waals surface area contributed by atoms with Crippen molar-refractivity contribution in [3.8, 4) is 0 Å². The number of nitrogens with one attached hydrogen (secondary N) is 2. The maximum absolute atomic E-state index is 13.0. The molecule has 8 nitrogen and oxygen atoms in total. The number of rotatable bonds is 6. The highest BCUT2D eigenvalue weighted by molar-refractivity contribution is 7.83. The van der Waals surface area contributed by atoms with E-state index in [-0.39, 0.29) is 27.1 Å². The van der Waals surface area contributed by atoms with E-state index in [1.807, 2.05) is 11.8 Å². The Kier molecular flexibility index (Phi) is 6.32. The van der Waals surface area contributed by atoms with E-state index in [0.29, 0.717) is 47.9 Å². The largest absolute Gasteiger partial charge is 0.393 e. The Morgan fingerprint density at radius 3 is 2.68 bits per heavy atom. The molecule has 1 saturated heterocycles. The second-order valence-corrected chi connectivity index (χ2v) is 10.6. The van der Waals surface area contributed by atoms with E-state index >= 15 is 0 Å². The summed E-state index contributed by atoms with van der Waals surface area (Å²) in [6.07, 6.45) is 1.33. The molecule has 3 N–H and O–H groups in total. The van der Waals surface area contributed by atoms with Crippen LogP contribution in [0.1, 0.15) is 49.0 Å². The van der Waals surface area contributed by atoms with Crippen molar-refractivity contribution in [2.45, 2.75) is 55.6 Å². The van der Waals surface area contributed by atoms with Gasteiger partial charge in [0.2, 0.25) is 0 Å². The van der Waals surface area contributed by atoms with E-state index in [2.05, 4.69) is 14.9 Å². The van der Waals surface area contributed by atoms with Crippen LogP contribution in [-0.4, -0.2) is 54.6 Å². The van der Waals surface area contributed by atoms with Gasteiger partial charge in [0.15, 0.2) is 15.9 Å². The van der Waals surface area contributed by atoms with E-state index in [1.165, 1.54) is 10.8 Å². The minimum absolute atomic E-state index is 0.00328. The van der Waals surface area contributed by atoms with Gasteiger partial charge in [-0.05, 0) is 38.7 Å². The molecule has 0 bridgehead atoms. The molecule has 1 saturated carbocycles. The first-order chi connectivity index (χ1) is 14.7. The summed E-state index contributed by atoms with van der Waals surface area (Å²) in [4.78, 5) is 2.41. The van der Waals surface area contributed by atoms with Gasteiger partial charge >= 0.3 is 0 Å². The van der Waals surface area contributed by atoms with Crippen LogP contribution in [0.25, 0.3) is 0 Å². The molecule has 2 aliphatic rings. The summed E-state index contributed by atoms with van der Waals surface area (Å²) in [7, 11) is -1.55. The van der Waals surface area contributed by atoms with Crippen molar-refractivity contribution < 1.29 is 18.1 Å². The SMILES string of the molecule is CC1(NS(=O)c2cc(N3CCC(O)CC3)c(=S)n(C(=N)c3nnc(C(F)F)s3)c2)CC1. The van der Waals surface area contributed by atoms with Crippen LogP contribution in [-0.2, 0) is 11.0 Å². The fourth-order valence-corrected chi connectivity index (χ4v) is 5.40. The number of nitrogens with zero attached hydrogens (tertiary/aromatic N) is 4. The first-order valence-electron chi connectivity index (χ1n) is 9.77. The molecule has 168 valence electrons. The molecule has 1 atom stereocenters. The number of aliphatic hydroxyl groups is 1. The van der Waals surface area contributed by atoms with Crippen molar-refractivity contribution in [2.75, 3.05) is 18.0 Å². The third kappa shape index (κ3) is 4.90. The summed E-state index contributed by atoms with van der Waals surface area (Å²) in [5.41, 5.74) is 0.426. The lowest BCUT2D eigenvalue weighted by molar-refractivity contribution is 0.145. The molecule has 2 fully saturated rings. The van der Waals surface area contributed by atoms with E-state index < -0.39 is 22.4 Å². The zero-order valence-corrected chi connectivity index (χ0v) is 19.1. The van der Waals surface area contributed by atoms with Crippen molar-refractivity contribution in [3.63, 3.8) is 0 Å². The molecule has 0 radical (unpaired) electrons. The highest BCUT2D eigenvalue weighted by Gasteiger charge is 2.39. The normalized spacial score (nSPS) is 19.6. The predicted molar refractivity (Wildman–Crippen MR) is 117 cm³/mol. The van der Waals surface area contributed by atoms with Gasteiger partial charge in [0.1, 0.15) is 15.6 Å². The van der Waals surface area contributed by atoms with E-state index in [1.54, 1.807) is 6.07 Å². The second kappa shape index (κ2) is 8.70. The molecule has 31 heavy (non-hydrogen) atoms. The van der Waals surface area contributed by atoms with Crippen LogP contribution in [0.5, 0.6) is 0 Å². The Balaban J connectivity index is 1.74. The van der Waals surface area contributed by atoms with Crippen molar-refractivity contribution in [1.82, 2.24) is 19.5 Å². The van der Waals surface area contributed by atoms with Crippen molar-refractivity contribution in [3.05, 3.63) is 26.9 Å². The summed E-state index contributed by atoms with van der Waals surface area (Å²) in [6, 6.07) is 1.74. The molecule has 0 aromatic carbocycles. The molecule has 0 amide bonds. The van der Waals surface area contributed by atoms with Crippen LogP contribution in [0.4, 0.5) is 14.5 Å². The third-order valence-electron chi connectivity index (χ3n) is 5.40. The number of alkyl halides is 2.